The minimum Gasteiger partial charge on any atom is -0.497 e. The molecule has 0 radical (unpaired) electrons. The number of thiocarbonyl (C=S) groups is 1. The molecule has 0 spiro atoms. The maximum Gasteiger partial charge on any atom is 0.271 e. The van der Waals surface area contributed by atoms with Gasteiger partial charge in [-0.2, -0.15) is 0 Å². The zero-order chi connectivity index (χ0) is 19.1. The molecule has 0 atom stereocenters. The van der Waals surface area contributed by atoms with Crippen LogP contribution in [0, 0.1) is 15.9 Å². The number of nitro benzene ring substituents is 1. The van der Waals surface area contributed by atoms with E-state index in [2.05, 4.69) is 10.6 Å². The number of nitrogens with one attached hydrogen (secondary N) is 2. The van der Waals surface area contributed by atoms with Crippen molar-refractivity contribution in [3.05, 3.63) is 58.4 Å². The highest BCUT2D eigenvalue weighted by Gasteiger charge is 2.13. The lowest BCUT2D eigenvalue weighted by Gasteiger charge is -2.11. The van der Waals surface area contributed by atoms with Gasteiger partial charge in [-0.05, 0) is 42.5 Å². The van der Waals surface area contributed by atoms with Gasteiger partial charge >= 0.3 is 0 Å². The van der Waals surface area contributed by atoms with E-state index in [4.69, 9.17) is 21.7 Å². The van der Waals surface area contributed by atoms with Crippen molar-refractivity contribution >= 4 is 34.6 Å². The summed E-state index contributed by atoms with van der Waals surface area (Å²) in [6, 6.07) is 9.52. The van der Waals surface area contributed by atoms with Gasteiger partial charge in [0.2, 0.25) is 0 Å². The molecular weight excluding hydrogens is 365 g/mol. The highest BCUT2D eigenvalue weighted by atomic mass is 32.1. The molecule has 0 unspecified atom stereocenters. The topological polar surface area (TPSA) is 103 Å². The van der Waals surface area contributed by atoms with Crippen LogP contribution in [-0.4, -0.2) is 29.7 Å². The maximum absolute atomic E-state index is 13.7. The Hall–Kier alpha value is -3.27. The predicted molar refractivity (Wildman–Crippen MR) is 95.9 cm³/mol. The zero-order valence-corrected chi connectivity index (χ0v) is 14.3. The van der Waals surface area contributed by atoms with Crippen LogP contribution in [-0.2, 0) is 4.79 Å². The number of hydrogen-bond acceptors (Lipinski definition) is 6. The van der Waals surface area contributed by atoms with Crippen LogP contribution in [0.15, 0.2) is 42.5 Å². The monoisotopic (exact) mass is 379 g/mol. The summed E-state index contributed by atoms with van der Waals surface area (Å²) in [5.41, 5.74) is -0.536. The number of nitro groups is 1. The van der Waals surface area contributed by atoms with E-state index in [9.17, 15) is 19.3 Å². The second-order valence-corrected chi connectivity index (χ2v) is 5.30. The first kappa shape index (κ1) is 19.1. The first-order valence-electron chi connectivity index (χ1n) is 7.20. The lowest BCUT2D eigenvalue weighted by molar-refractivity contribution is -0.384. The predicted octanol–water partition coefficient (Wildman–Crippen LogP) is 2.63. The van der Waals surface area contributed by atoms with Gasteiger partial charge in [0.05, 0.1) is 17.7 Å². The summed E-state index contributed by atoms with van der Waals surface area (Å²) >= 11 is 4.89. The van der Waals surface area contributed by atoms with Gasteiger partial charge in [0.1, 0.15) is 17.3 Å². The van der Waals surface area contributed by atoms with Gasteiger partial charge in [0.15, 0.2) is 11.7 Å². The Morgan fingerprint density at radius 2 is 1.88 bits per heavy atom. The molecule has 0 fully saturated rings. The average molecular weight is 379 g/mol. The van der Waals surface area contributed by atoms with E-state index in [0.29, 0.717) is 11.5 Å². The number of non-ortho nitro benzene ring substituents is 1. The summed E-state index contributed by atoms with van der Waals surface area (Å²) < 4.78 is 23.9. The molecule has 26 heavy (non-hydrogen) atoms. The van der Waals surface area contributed by atoms with Crippen LogP contribution in [0.3, 0.4) is 0 Å². The van der Waals surface area contributed by atoms with Crippen molar-refractivity contribution < 1.29 is 23.6 Å². The van der Waals surface area contributed by atoms with Gasteiger partial charge in [-0.25, -0.2) is 4.39 Å². The van der Waals surface area contributed by atoms with Crippen molar-refractivity contribution in [2.75, 3.05) is 19.0 Å². The quantitative estimate of drug-likeness (QED) is 0.452. The van der Waals surface area contributed by atoms with E-state index < -0.39 is 16.6 Å². The normalized spacial score (nSPS) is 9.92. The van der Waals surface area contributed by atoms with E-state index in [1.54, 1.807) is 24.3 Å². The van der Waals surface area contributed by atoms with Gasteiger partial charge in [-0.1, -0.05) is 0 Å². The smallest absolute Gasteiger partial charge is 0.271 e. The van der Waals surface area contributed by atoms with Crippen molar-refractivity contribution in [1.29, 1.82) is 0 Å². The molecule has 2 aromatic rings. The fraction of sp³-hybridized carbons (Fsp3) is 0.125. The van der Waals surface area contributed by atoms with Crippen LogP contribution < -0.4 is 20.1 Å². The summed E-state index contributed by atoms with van der Waals surface area (Å²) in [5, 5.41) is 15.2. The Labute approximate surface area is 153 Å². The van der Waals surface area contributed by atoms with Gasteiger partial charge in [0.25, 0.3) is 11.6 Å². The van der Waals surface area contributed by atoms with Crippen molar-refractivity contribution in [1.82, 2.24) is 5.32 Å². The molecule has 0 aliphatic heterocycles. The minimum absolute atomic E-state index is 0.215. The van der Waals surface area contributed by atoms with Gasteiger partial charge in [-0.15, -0.1) is 0 Å². The van der Waals surface area contributed by atoms with Gasteiger partial charge in [-0.3, -0.25) is 20.2 Å². The number of carbonyl (C=O) groups is 1. The van der Waals surface area contributed by atoms with E-state index in [0.717, 1.165) is 18.2 Å². The number of amides is 1. The lowest BCUT2D eigenvalue weighted by Crippen LogP contribution is -2.37. The Kier molecular flexibility index (Phi) is 6.39. The Morgan fingerprint density at radius 3 is 2.50 bits per heavy atom. The number of ether oxygens (including phenoxy) is 2. The van der Waals surface area contributed by atoms with Crippen molar-refractivity contribution in [2.45, 2.75) is 0 Å². The molecule has 0 heterocycles. The molecule has 0 aliphatic carbocycles. The van der Waals surface area contributed by atoms with Crippen molar-refractivity contribution in [2.24, 2.45) is 0 Å². The van der Waals surface area contributed by atoms with Crippen LogP contribution in [0.25, 0.3) is 0 Å². The Morgan fingerprint density at radius 1 is 1.23 bits per heavy atom. The Balaban J connectivity index is 1.87. The fourth-order valence-electron chi connectivity index (χ4n) is 1.86. The molecule has 2 rings (SSSR count). The third-order valence-corrected chi connectivity index (χ3v) is 3.30. The van der Waals surface area contributed by atoms with E-state index >= 15 is 0 Å². The molecule has 0 bridgehead atoms. The summed E-state index contributed by atoms with van der Waals surface area (Å²) in [7, 11) is 1.53. The lowest BCUT2D eigenvalue weighted by atomic mass is 10.2. The first-order chi connectivity index (χ1) is 12.4. The number of nitrogens with zero attached hydrogens (tertiary/aromatic N) is 1. The molecule has 0 saturated heterocycles. The molecular formula is C16H14FN3O5S. The number of halogens is 1. The standard InChI is InChI=1S/C16H14FN3O5S/c1-24-11-3-5-12(6-4-11)25-9-15(21)19-16(26)18-14-8-10(20(22)23)2-7-13(14)17/h2-8H,9H2,1H3,(H2,18,19,21,26). The first-order valence-corrected chi connectivity index (χ1v) is 7.61. The number of anilines is 1. The zero-order valence-electron chi connectivity index (χ0n) is 13.5. The molecule has 1 amide bonds. The van der Waals surface area contributed by atoms with Crippen LogP contribution in [0.5, 0.6) is 11.5 Å². The van der Waals surface area contributed by atoms with E-state index in [1.807, 2.05) is 0 Å². The summed E-state index contributed by atoms with van der Waals surface area (Å²) in [6.45, 7) is -0.328. The molecule has 0 saturated carbocycles. The molecule has 2 N–H and O–H groups in total. The third kappa shape index (κ3) is 5.38. The number of rotatable bonds is 6. The number of methoxy groups -OCH3 is 1. The highest BCUT2D eigenvalue weighted by Crippen LogP contribution is 2.21. The second-order valence-electron chi connectivity index (χ2n) is 4.89. The SMILES string of the molecule is COc1ccc(OCC(=O)NC(=S)Nc2cc([N+](=O)[O-])ccc2F)cc1. The van der Waals surface area contributed by atoms with Gasteiger partial charge in [0, 0.05) is 12.1 Å². The van der Waals surface area contributed by atoms with Crippen LogP contribution in [0.4, 0.5) is 15.8 Å². The fourth-order valence-corrected chi connectivity index (χ4v) is 2.08. The molecule has 10 heteroatoms. The third-order valence-electron chi connectivity index (χ3n) is 3.09. The van der Waals surface area contributed by atoms with Crippen LogP contribution in [0.2, 0.25) is 0 Å². The summed E-state index contributed by atoms with van der Waals surface area (Å²) in [4.78, 5) is 21.9. The average Bonchev–Trinajstić information content (AvgIpc) is 2.62. The second kappa shape index (κ2) is 8.72. The molecule has 8 nitrogen and oxygen atoms in total. The largest absolute Gasteiger partial charge is 0.497 e. The van der Waals surface area contributed by atoms with E-state index in [1.165, 1.54) is 7.11 Å². The van der Waals surface area contributed by atoms with E-state index in [-0.39, 0.29) is 23.1 Å². The molecule has 136 valence electrons. The van der Waals surface area contributed by atoms with Crippen molar-refractivity contribution in [3.8, 4) is 11.5 Å². The van der Waals surface area contributed by atoms with Crippen LogP contribution >= 0.6 is 12.2 Å². The minimum atomic E-state index is -0.748. The van der Waals surface area contributed by atoms with Crippen LogP contribution in [0.1, 0.15) is 0 Å². The molecule has 0 aliphatic rings. The molecule has 0 aromatic heterocycles. The number of carbonyl (C=O) groups excluding carboxylic acids is 1. The Bertz CT molecular complexity index is 829. The van der Waals surface area contributed by atoms with Gasteiger partial charge < -0.3 is 14.8 Å². The summed E-state index contributed by atoms with van der Waals surface area (Å²) in [5.74, 6) is -0.235. The van der Waals surface area contributed by atoms with Crippen molar-refractivity contribution in [3.63, 3.8) is 0 Å². The maximum atomic E-state index is 13.7. The molecule has 2 aromatic carbocycles. The number of hydrogen-bond donors (Lipinski definition) is 2. The number of benzene rings is 2. The summed E-state index contributed by atoms with van der Waals surface area (Å²) in [6.07, 6.45) is 0. The highest BCUT2D eigenvalue weighted by molar-refractivity contribution is 7.80.